The summed E-state index contributed by atoms with van der Waals surface area (Å²) in [5.41, 5.74) is 6.46. The molecule has 0 heterocycles. The van der Waals surface area contributed by atoms with Crippen molar-refractivity contribution in [3.63, 3.8) is 0 Å². The van der Waals surface area contributed by atoms with E-state index >= 15 is 0 Å². The molecule has 0 aromatic rings. The standard InChI is InChI=1S/C12H26N2O/c1-6-14(5)9-12(13)8-10(15-7-2)11(12,3)4/h10H,6-9,13H2,1-5H3. The van der Waals surface area contributed by atoms with Crippen molar-refractivity contribution < 1.29 is 4.74 Å². The Bertz CT molecular complexity index is 218. The van der Waals surface area contributed by atoms with E-state index in [1.54, 1.807) is 0 Å². The van der Waals surface area contributed by atoms with Crippen LogP contribution in [0, 0.1) is 5.41 Å². The second kappa shape index (κ2) is 4.40. The Morgan fingerprint density at radius 1 is 1.40 bits per heavy atom. The molecule has 3 heteroatoms. The van der Waals surface area contributed by atoms with Gasteiger partial charge in [0.25, 0.3) is 0 Å². The molecule has 2 atom stereocenters. The fourth-order valence-electron chi connectivity index (χ4n) is 2.37. The maximum Gasteiger partial charge on any atom is 0.0662 e. The maximum atomic E-state index is 6.46. The summed E-state index contributed by atoms with van der Waals surface area (Å²) in [5.74, 6) is 0. The number of rotatable bonds is 5. The SMILES string of the molecule is CCOC1CC(N)(CN(C)CC)C1(C)C. The molecule has 0 bridgehead atoms. The van der Waals surface area contributed by atoms with Crippen LogP contribution in [0.15, 0.2) is 0 Å². The summed E-state index contributed by atoms with van der Waals surface area (Å²) >= 11 is 0. The highest BCUT2D eigenvalue weighted by Crippen LogP contribution is 2.49. The summed E-state index contributed by atoms with van der Waals surface area (Å²) in [4.78, 5) is 2.28. The smallest absolute Gasteiger partial charge is 0.0662 e. The molecule has 1 fully saturated rings. The molecule has 1 aliphatic carbocycles. The lowest BCUT2D eigenvalue weighted by molar-refractivity contribution is -0.155. The summed E-state index contributed by atoms with van der Waals surface area (Å²) in [6.45, 7) is 11.4. The lowest BCUT2D eigenvalue weighted by atomic mass is 9.54. The summed E-state index contributed by atoms with van der Waals surface area (Å²) in [7, 11) is 2.12. The number of hydrogen-bond donors (Lipinski definition) is 1. The molecule has 15 heavy (non-hydrogen) atoms. The summed E-state index contributed by atoms with van der Waals surface area (Å²) in [6, 6.07) is 0. The van der Waals surface area contributed by atoms with Gasteiger partial charge in [-0.25, -0.2) is 0 Å². The van der Waals surface area contributed by atoms with E-state index in [0.717, 1.165) is 26.1 Å². The molecular weight excluding hydrogens is 188 g/mol. The molecule has 1 aliphatic rings. The first-order valence-corrected chi connectivity index (χ1v) is 5.96. The Balaban J connectivity index is 2.58. The Kier molecular flexibility index (Phi) is 3.80. The van der Waals surface area contributed by atoms with Crippen LogP contribution >= 0.6 is 0 Å². The van der Waals surface area contributed by atoms with Gasteiger partial charge < -0.3 is 15.4 Å². The average Bonchev–Trinajstić information content (AvgIpc) is 2.17. The van der Waals surface area contributed by atoms with Gasteiger partial charge >= 0.3 is 0 Å². The third-order valence-electron chi connectivity index (χ3n) is 4.10. The van der Waals surface area contributed by atoms with Crippen LogP contribution in [0.25, 0.3) is 0 Å². The predicted molar refractivity (Wildman–Crippen MR) is 63.9 cm³/mol. The van der Waals surface area contributed by atoms with Crippen molar-refractivity contribution in [3.05, 3.63) is 0 Å². The van der Waals surface area contributed by atoms with Gasteiger partial charge in [0.05, 0.1) is 6.10 Å². The largest absolute Gasteiger partial charge is 0.378 e. The minimum absolute atomic E-state index is 0.0857. The Morgan fingerprint density at radius 3 is 2.40 bits per heavy atom. The molecule has 2 N–H and O–H groups in total. The molecule has 1 rings (SSSR count). The zero-order valence-corrected chi connectivity index (χ0v) is 10.8. The van der Waals surface area contributed by atoms with Gasteiger partial charge in [-0.05, 0) is 26.9 Å². The molecule has 90 valence electrons. The van der Waals surface area contributed by atoms with Crippen LogP contribution in [-0.4, -0.2) is 43.3 Å². The predicted octanol–water partition coefficient (Wildman–Crippen LogP) is 1.47. The molecule has 0 aromatic heterocycles. The van der Waals surface area contributed by atoms with Crippen LogP contribution in [0.4, 0.5) is 0 Å². The van der Waals surface area contributed by atoms with Gasteiger partial charge in [0.15, 0.2) is 0 Å². The Hall–Kier alpha value is -0.120. The first-order chi connectivity index (χ1) is 6.87. The monoisotopic (exact) mass is 214 g/mol. The average molecular weight is 214 g/mol. The maximum absolute atomic E-state index is 6.46. The lowest BCUT2D eigenvalue weighted by Gasteiger charge is -2.60. The highest BCUT2D eigenvalue weighted by molar-refractivity contribution is 5.14. The zero-order chi connectivity index (χ0) is 11.7. The van der Waals surface area contributed by atoms with Gasteiger partial charge in [-0.3, -0.25) is 0 Å². The number of nitrogens with two attached hydrogens (primary N) is 1. The van der Waals surface area contributed by atoms with Gasteiger partial charge in [-0.15, -0.1) is 0 Å². The first kappa shape index (κ1) is 12.9. The number of hydrogen-bond acceptors (Lipinski definition) is 3. The van der Waals surface area contributed by atoms with Crippen LogP contribution in [0.5, 0.6) is 0 Å². The minimum Gasteiger partial charge on any atom is -0.378 e. The van der Waals surface area contributed by atoms with Crippen LogP contribution in [-0.2, 0) is 4.74 Å². The van der Waals surface area contributed by atoms with Crippen LogP contribution in [0.1, 0.15) is 34.1 Å². The topological polar surface area (TPSA) is 38.5 Å². The highest BCUT2D eigenvalue weighted by atomic mass is 16.5. The van der Waals surface area contributed by atoms with E-state index in [9.17, 15) is 0 Å². The summed E-state index contributed by atoms with van der Waals surface area (Å²) in [6.07, 6.45) is 1.32. The molecule has 3 nitrogen and oxygen atoms in total. The van der Waals surface area contributed by atoms with E-state index in [0.29, 0.717) is 6.10 Å². The molecule has 0 spiro atoms. The highest BCUT2D eigenvalue weighted by Gasteiger charge is 2.58. The quantitative estimate of drug-likeness (QED) is 0.753. The number of ether oxygens (including phenoxy) is 1. The third-order valence-corrected chi connectivity index (χ3v) is 4.10. The van der Waals surface area contributed by atoms with E-state index in [4.69, 9.17) is 10.5 Å². The summed E-state index contributed by atoms with van der Waals surface area (Å²) in [5, 5.41) is 0. The molecule has 1 saturated carbocycles. The van der Waals surface area contributed by atoms with E-state index < -0.39 is 0 Å². The second-order valence-corrected chi connectivity index (χ2v) is 5.36. The van der Waals surface area contributed by atoms with Crippen molar-refractivity contribution >= 4 is 0 Å². The van der Waals surface area contributed by atoms with Crippen molar-refractivity contribution in [1.82, 2.24) is 4.90 Å². The molecule has 0 radical (unpaired) electrons. The van der Waals surface area contributed by atoms with Gasteiger partial charge in [0, 0.05) is 24.1 Å². The number of likely N-dealkylation sites (N-methyl/N-ethyl adjacent to an activating group) is 1. The van der Waals surface area contributed by atoms with Crippen molar-refractivity contribution in [3.8, 4) is 0 Å². The number of nitrogens with zero attached hydrogens (tertiary/aromatic N) is 1. The Labute approximate surface area is 94.0 Å². The van der Waals surface area contributed by atoms with Crippen molar-refractivity contribution in [2.24, 2.45) is 11.1 Å². The van der Waals surface area contributed by atoms with E-state index in [2.05, 4.69) is 32.7 Å². The molecule has 0 aromatic carbocycles. The molecule has 0 amide bonds. The van der Waals surface area contributed by atoms with E-state index in [1.807, 2.05) is 6.92 Å². The van der Waals surface area contributed by atoms with Crippen molar-refractivity contribution in [2.75, 3.05) is 26.7 Å². The van der Waals surface area contributed by atoms with Crippen molar-refractivity contribution in [2.45, 2.75) is 45.8 Å². The zero-order valence-electron chi connectivity index (χ0n) is 10.8. The normalized spacial score (nSPS) is 34.2. The van der Waals surface area contributed by atoms with Gasteiger partial charge in [0.2, 0.25) is 0 Å². The third kappa shape index (κ3) is 2.19. The van der Waals surface area contributed by atoms with Gasteiger partial charge in [-0.1, -0.05) is 20.8 Å². The fraction of sp³-hybridized carbons (Fsp3) is 1.00. The lowest BCUT2D eigenvalue weighted by Crippen LogP contribution is -2.73. The van der Waals surface area contributed by atoms with Crippen LogP contribution < -0.4 is 5.73 Å². The van der Waals surface area contributed by atoms with Crippen LogP contribution in [0.2, 0.25) is 0 Å². The molecular formula is C12H26N2O. The summed E-state index contributed by atoms with van der Waals surface area (Å²) < 4.78 is 5.71. The van der Waals surface area contributed by atoms with E-state index in [1.165, 1.54) is 0 Å². The van der Waals surface area contributed by atoms with E-state index in [-0.39, 0.29) is 11.0 Å². The first-order valence-electron chi connectivity index (χ1n) is 5.96. The molecule has 2 unspecified atom stereocenters. The van der Waals surface area contributed by atoms with Gasteiger partial charge in [0.1, 0.15) is 0 Å². The molecule has 0 saturated heterocycles. The second-order valence-electron chi connectivity index (χ2n) is 5.36. The van der Waals surface area contributed by atoms with Gasteiger partial charge in [-0.2, -0.15) is 0 Å². The minimum atomic E-state index is -0.0857. The van der Waals surface area contributed by atoms with Crippen molar-refractivity contribution in [1.29, 1.82) is 0 Å². The van der Waals surface area contributed by atoms with Crippen LogP contribution in [0.3, 0.4) is 0 Å². The Morgan fingerprint density at radius 2 is 2.00 bits per heavy atom. The molecule has 0 aliphatic heterocycles. The fourth-order valence-corrected chi connectivity index (χ4v) is 2.37.